The summed E-state index contributed by atoms with van der Waals surface area (Å²) in [4.78, 5) is 27.9. The van der Waals surface area contributed by atoms with Gasteiger partial charge in [-0.2, -0.15) is 5.06 Å². The summed E-state index contributed by atoms with van der Waals surface area (Å²) in [6.07, 6.45) is 0.508. The van der Waals surface area contributed by atoms with Gasteiger partial charge in [0.2, 0.25) is 12.3 Å². The molecule has 0 aliphatic heterocycles. The van der Waals surface area contributed by atoms with Crippen molar-refractivity contribution < 1.29 is 38.4 Å². The lowest BCUT2D eigenvalue weighted by Gasteiger charge is -2.26. The fraction of sp³-hybridized carbons (Fsp3) is 0.263. The highest BCUT2D eigenvalue weighted by Gasteiger charge is 2.30. The normalized spacial score (nSPS) is 10.9. The number of anilines is 1. The molecule has 0 saturated carbocycles. The molecule has 0 aliphatic carbocycles. The Hall–Kier alpha value is -3.05. The zero-order valence-corrected chi connectivity index (χ0v) is 17.4. The van der Waals surface area contributed by atoms with E-state index in [0.29, 0.717) is 17.7 Å². The van der Waals surface area contributed by atoms with Gasteiger partial charge in [-0.25, -0.2) is 0 Å². The maximum Gasteiger partial charge on any atom is 0.699 e. The fourth-order valence-electron chi connectivity index (χ4n) is 2.44. The highest BCUT2D eigenvalue weighted by Crippen LogP contribution is 2.23. The molecule has 2 aromatic carbocycles. The second-order valence-electron chi connectivity index (χ2n) is 7.41. The summed E-state index contributed by atoms with van der Waals surface area (Å²) in [6, 6.07) is 12.4. The molecule has 2 amide bonds. The van der Waals surface area contributed by atoms with E-state index in [-0.39, 0.29) is 17.9 Å². The number of carbonyl (C=O) groups excluding carboxylic acids is 2. The summed E-state index contributed by atoms with van der Waals surface area (Å²) >= 11 is 0. The van der Waals surface area contributed by atoms with Crippen molar-refractivity contribution in [1.82, 2.24) is 0 Å². The van der Waals surface area contributed by atoms with E-state index < -0.39 is 26.2 Å². The van der Waals surface area contributed by atoms with Crippen molar-refractivity contribution >= 4 is 32.6 Å². The number of carbonyl (C=O) groups is 2. The smallest absolute Gasteiger partial charge is 0.513 e. The lowest BCUT2D eigenvalue weighted by Crippen LogP contribution is -2.38. The Balaban J connectivity index is 1.95. The molecule has 0 spiro atoms. The highest BCUT2D eigenvalue weighted by molar-refractivity contribution is 6.51. The molecule has 164 valence electrons. The van der Waals surface area contributed by atoms with Gasteiger partial charge in [0.05, 0.1) is 17.7 Å². The van der Waals surface area contributed by atoms with E-state index in [1.165, 1.54) is 24.3 Å². The molecule has 12 heteroatoms. The summed E-state index contributed by atoms with van der Waals surface area (Å²) in [7, 11) is -3.75. The predicted molar refractivity (Wildman–Crippen MR) is 113 cm³/mol. The average molecular weight is 430 g/mol. The molecule has 2 aromatic rings. The van der Waals surface area contributed by atoms with Crippen molar-refractivity contribution in [3.05, 3.63) is 54.1 Å². The lowest BCUT2D eigenvalue weighted by molar-refractivity contribution is -0.120. The standard InChI is InChI=1S/C19H24B2N2O8/c1-19(2,3)30-23(13-24)15-7-5-9-17(12-15)29-21(27)31-20(26)28-16-8-4-6-14(10-16)11-18(22)25/h4-10,12-13,26-27H,11H2,1-3H3,(H2,22,25). The molecule has 0 aromatic heterocycles. The van der Waals surface area contributed by atoms with Gasteiger partial charge in [0.15, 0.2) is 0 Å². The van der Waals surface area contributed by atoms with Crippen LogP contribution in [0.1, 0.15) is 26.3 Å². The Morgan fingerprint density at radius 1 is 1.06 bits per heavy atom. The molecule has 0 bridgehead atoms. The molecule has 0 heterocycles. The summed E-state index contributed by atoms with van der Waals surface area (Å²) in [6.45, 7) is 5.35. The Kier molecular flexibility index (Phi) is 8.46. The largest absolute Gasteiger partial charge is 0.699 e. The average Bonchev–Trinajstić information content (AvgIpc) is 2.65. The van der Waals surface area contributed by atoms with Crippen LogP contribution in [-0.4, -0.2) is 42.6 Å². The highest BCUT2D eigenvalue weighted by atomic mass is 16.8. The third-order valence-corrected chi connectivity index (χ3v) is 3.52. The second kappa shape index (κ2) is 10.8. The van der Waals surface area contributed by atoms with Crippen LogP contribution in [0.3, 0.4) is 0 Å². The molecule has 0 radical (unpaired) electrons. The summed E-state index contributed by atoms with van der Waals surface area (Å²) in [5.74, 6) is -0.174. The molecule has 0 fully saturated rings. The van der Waals surface area contributed by atoms with Gasteiger partial charge in [-0.1, -0.05) is 18.2 Å². The van der Waals surface area contributed by atoms with E-state index in [9.17, 15) is 19.6 Å². The van der Waals surface area contributed by atoms with E-state index in [4.69, 9.17) is 24.5 Å². The van der Waals surface area contributed by atoms with Gasteiger partial charge >= 0.3 is 14.6 Å². The van der Waals surface area contributed by atoms with Crippen LogP contribution in [0, 0.1) is 0 Å². The van der Waals surface area contributed by atoms with Crippen LogP contribution in [0.2, 0.25) is 0 Å². The minimum Gasteiger partial charge on any atom is -0.513 e. The van der Waals surface area contributed by atoms with Gasteiger partial charge in [-0.05, 0) is 50.6 Å². The van der Waals surface area contributed by atoms with Gasteiger partial charge in [-0.15, -0.1) is 0 Å². The van der Waals surface area contributed by atoms with Crippen molar-refractivity contribution in [2.45, 2.75) is 32.8 Å². The predicted octanol–water partition coefficient (Wildman–Crippen LogP) is 0.836. The monoisotopic (exact) mass is 430 g/mol. The number of rotatable bonds is 11. The Morgan fingerprint density at radius 2 is 1.65 bits per heavy atom. The third kappa shape index (κ3) is 8.69. The number of hydrogen-bond acceptors (Lipinski definition) is 8. The molecule has 0 atom stereocenters. The lowest BCUT2D eigenvalue weighted by atomic mass is 10.1. The molecule has 4 N–H and O–H groups in total. The van der Waals surface area contributed by atoms with Gasteiger partial charge in [0.25, 0.3) is 0 Å². The number of amides is 2. The summed E-state index contributed by atoms with van der Waals surface area (Å²) in [5, 5.41) is 20.8. The van der Waals surface area contributed by atoms with Crippen LogP contribution in [0.5, 0.6) is 11.5 Å². The molecule has 2 rings (SSSR count). The Morgan fingerprint density at radius 3 is 2.19 bits per heavy atom. The number of nitrogens with two attached hydrogens (primary N) is 1. The van der Waals surface area contributed by atoms with Gasteiger partial charge in [-0.3, -0.25) is 14.4 Å². The van der Waals surface area contributed by atoms with Crippen molar-refractivity contribution in [3.63, 3.8) is 0 Å². The first kappa shape index (κ1) is 24.2. The SMILES string of the molecule is CC(C)(C)ON(C=O)c1cccc(OB(O)OB(O)Oc2cccc(CC(N)=O)c2)c1. The maximum absolute atomic E-state index is 11.3. The second-order valence-corrected chi connectivity index (χ2v) is 7.41. The van der Waals surface area contributed by atoms with E-state index in [2.05, 4.69) is 0 Å². The molecule has 0 aliphatic rings. The van der Waals surface area contributed by atoms with E-state index in [0.717, 1.165) is 5.06 Å². The summed E-state index contributed by atoms with van der Waals surface area (Å²) < 4.78 is 15.2. The van der Waals surface area contributed by atoms with Crippen molar-refractivity contribution in [2.24, 2.45) is 5.73 Å². The number of benzene rings is 2. The molecule has 10 nitrogen and oxygen atoms in total. The Bertz CT molecular complexity index is 893. The topological polar surface area (TPSA) is 141 Å². The van der Waals surface area contributed by atoms with E-state index >= 15 is 0 Å². The van der Waals surface area contributed by atoms with E-state index in [1.54, 1.807) is 45.0 Å². The van der Waals surface area contributed by atoms with Crippen LogP contribution >= 0.6 is 0 Å². The first-order chi connectivity index (χ1) is 14.6. The fourth-order valence-corrected chi connectivity index (χ4v) is 2.44. The number of primary amides is 1. The minimum atomic E-state index is -1.88. The molecule has 0 unspecified atom stereocenters. The van der Waals surface area contributed by atoms with Crippen LogP contribution in [-0.2, 0) is 25.4 Å². The van der Waals surface area contributed by atoms with Crippen molar-refractivity contribution in [3.8, 4) is 11.5 Å². The zero-order chi connectivity index (χ0) is 23.0. The van der Waals surface area contributed by atoms with E-state index in [1.807, 2.05) is 0 Å². The molecular weight excluding hydrogens is 406 g/mol. The third-order valence-electron chi connectivity index (χ3n) is 3.52. The number of hydrogen-bond donors (Lipinski definition) is 3. The van der Waals surface area contributed by atoms with Gasteiger partial charge in [0.1, 0.15) is 11.5 Å². The van der Waals surface area contributed by atoms with Crippen LogP contribution < -0.4 is 20.1 Å². The number of hydroxylamine groups is 1. The van der Waals surface area contributed by atoms with Crippen LogP contribution in [0.4, 0.5) is 5.69 Å². The first-order valence-corrected chi connectivity index (χ1v) is 9.31. The maximum atomic E-state index is 11.3. The van der Waals surface area contributed by atoms with Crippen LogP contribution in [0.15, 0.2) is 48.5 Å². The van der Waals surface area contributed by atoms with Gasteiger partial charge in [0, 0.05) is 6.07 Å². The van der Waals surface area contributed by atoms with Gasteiger partial charge < -0.3 is 29.7 Å². The molecule has 0 saturated heterocycles. The van der Waals surface area contributed by atoms with Crippen molar-refractivity contribution in [2.75, 3.05) is 5.06 Å². The van der Waals surface area contributed by atoms with Crippen molar-refractivity contribution in [1.29, 1.82) is 0 Å². The molecular formula is C19H24B2N2O8. The molecule has 31 heavy (non-hydrogen) atoms. The van der Waals surface area contributed by atoms with Crippen LogP contribution in [0.25, 0.3) is 0 Å². The first-order valence-electron chi connectivity index (χ1n) is 9.31. The minimum absolute atomic E-state index is 0.00691. The quantitative estimate of drug-likeness (QED) is 0.271. The summed E-state index contributed by atoms with van der Waals surface area (Å²) in [5.41, 5.74) is 5.48. The zero-order valence-electron chi connectivity index (χ0n) is 17.4. The Labute approximate surface area is 180 Å². The number of nitrogens with zero attached hydrogens (tertiary/aromatic N) is 1.